The van der Waals surface area contributed by atoms with Crippen molar-refractivity contribution in [1.29, 1.82) is 0 Å². The molecular formula is C51H53F9IN11O8. The van der Waals surface area contributed by atoms with Crippen LogP contribution in [0.5, 0.6) is 0 Å². The highest BCUT2D eigenvalue weighted by atomic mass is 127. The second kappa shape index (κ2) is 26.9. The van der Waals surface area contributed by atoms with Gasteiger partial charge in [-0.25, -0.2) is 4.98 Å². The van der Waals surface area contributed by atoms with Gasteiger partial charge in [0.15, 0.2) is 0 Å². The van der Waals surface area contributed by atoms with Crippen LogP contribution in [-0.4, -0.2) is 83.2 Å². The quantitative estimate of drug-likeness (QED) is 0.0370. The zero-order chi connectivity index (χ0) is 58.0. The highest BCUT2D eigenvalue weighted by Gasteiger charge is 2.46. The van der Waals surface area contributed by atoms with E-state index in [1.165, 1.54) is 30.5 Å². The summed E-state index contributed by atoms with van der Waals surface area (Å²) in [6, 6.07) is 20.8. The van der Waals surface area contributed by atoms with Crippen LogP contribution in [0.15, 0.2) is 85.1 Å². The van der Waals surface area contributed by atoms with E-state index in [4.69, 9.17) is 11.6 Å². The number of pyridine rings is 1. The Kier molecular flexibility index (Phi) is 21.2. The van der Waals surface area contributed by atoms with Crippen LogP contribution in [0.3, 0.4) is 0 Å². The molecule has 0 spiro atoms. The molecule has 6 heterocycles. The van der Waals surface area contributed by atoms with Gasteiger partial charge in [0.25, 0.3) is 11.4 Å². The van der Waals surface area contributed by atoms with Gasteiger partial charge in [-0.15, -0.1) is 0 Å². The summed E-state index contributed by atoms with van der Waals surface area (Å²) in [5.74, 6) is -0.216. The number of carbonyl (C=O) groups excluding carboxylic acids is 4. The molecular weight excluding hydrogens is 1190 g/mol. The number of nitrogens with one attached hydrogen (secondary N) is 3. The molecule has 430 valence electrons. The number of hydrazine groups is 1. The largest absolute Gasteiger partial charge is 0.471 e. The summed E-state index contributed by atoms with van der Waals surface area (Å²) in [4.78, 5) is 71.0. The van der Waals surface area contributed by atoms with Gasteiger partial charge in [-0.05, 0) is 163 Å². The Labute approximate surface area is 464 Å². The van der Waals surface area contributed by atoms with E-state index < -0.39 is 41.2 Å². The molecule has 80 heavy (non-hydrogen) atoms. The number of nitrogens with two attached hydrogens (primary N) is 2. The van der Waals surface area contributed by atoms with Gasteiger partial charge in [-0.1, -0.05) is 7.43 Å². The molecule has 5 aromatic rings. The summed E-state index contributed by atoms with van der Waals surface area (Å²) in [5.41, 5.74) is 15.5. The lowest BCUT2D eigenvalue weighted by molar-refractivity contribution is -0.385. The highest BCUT2D eigenvalue weighted by molar-refractivity contribution is 14.1. The molecule has 0 bridgehead atoms. The van der Waals surface area contributed by atoms with Crippen molar-refractivity contribution in [1.82, 2.24) is 4.98 Å². The van der Waals surface area contributed by atoms with Gasteiger partial charge in [0.2, 0.25) is 5.91 Å². The maximum Gasteiger partial charge on any atom is 0.471 e. The number of hydrogen-bond acceptors (Lipinski definition) is 13. The number of nitro benzene ring substituents is 2. The summed E-state index contributed by atoms with van der Waals surface area (Å²) in [6.07, 6.45) is -6.86. The van der Waals surface area contributed by atoms with Crippen molar-refractivity contribution < 1.29 is 68.5 Å². The third-order valence-corrected chi connectivity index (χ3v) is 13.1. The van der Waals surface area contributed by atoms with Gasteiger partial charge in [-0.2, -0.15) is 39.5 Å². The Morgan fingerprint density at radius 1 is 0.600 bits per heavy atom. The van der Waals surface area contributed by atoms with Gasteiger partial charge in [0, 0.05) is 88.9 Å². The SMILES string of the molecule is C.NNc1ccc2c(c1)CCCN2C(=O)C(F)(F)F.Nc1cnc2c(c1)CCCN2C(=O)C(F)(F)F.O=C(N1CCCc2cc(I)ccc21)C(F)(F)F.O=C1CCc2cc([N+](=O)[O-])ccc2N1.O=[N+]([O-])c1ccc2c(c1)CCCN2. The Balaban J connectivity index is 0.000000184. The minimum atomic E-state index is -4.88. The zero-order valence-electron chi connectivity index (χ0n) is 41.4. The maximum absolute atomic E-state index is 12.4. The van der Waals surface area contributed by atoms with Gasteiger partial charge in [-0.3, -0.25) is 50.1 Å². The Morgan fingerprint density at radius 3 is 1.61 bits per heavy atom. The number of carbonyl (C=O) groups is 4. The fourth-order valence-electron chi connectivity index (χ4n) is 8.87. The number of aromatic nitrogens is 1. The molecule has 0 saturated heterocycles. The lowest BCUT2D eigenvalue weighted by Gasteiger charge is -2.30. The van der Waals surface area contributed by atoms with Gasteiger partial charge >= 0.3 is 36.3 Å². The van der Waals surface area contributed by atoms with Crippen LogP contribution in [0, 0.1) is 23.8 Å². The molecule has 4 aromatic carbocycles. The number of benzene rings is 4. The lowest BCUT2D eigenvalue weighted by atomic mass is 10.0. The molecule has 0 atom stereocenters. The Morgan fingerprint density at radius 2 is 1.07 bits per heavy atom. The summed E-state index contributed by atoms with van der Waals surface area (Å²) < 4.78 is 113. The number of alkyl halides is 9. The van der Waals surface area contributed by atoms with Crippen LogP contribution in [-0.2, 0) is 51.3 Å². The Hall–Kier alpha value is -7.83. The molecule has 0 radical (unpaired) electrons. The van der Waals surface area contributed by atoms with Crippen LogP contribution in [0.2, 0.25) is 0 Å². The molecule has 0 saturated carbocycles. The van der Waals surface area contributed by atoms with E-state index >= 15 is 0 Å². The molecule has 5 aliphatic heterocycles. The normalized spacial score (nSPS) is 14.9. The molecule has 7 N–H and O–H groups in total. The zero-order valence-corrected chi connectivity index (χ0v) is 43.5. The van der Waals surface area contributed by atoms with E-state index in [1.807, 2.05) is 6.07 Å². The van der Waals surface area contributed by atoms with Crippen molar-refractivity contribution in [2.45, 2.75) is 90.2 Å². The first kappa shape index (κ1) is 63.0. The number of hydrogen-bond donors (Lipinski definition) is 5. The number of aryl methyl sites for hydroxylation is 5. The lowest BCUT2D eigenvalue weighted by Crippen LogP contribution is -2.44. The van der Waals surface area contributed by atoms with Crippen molar-refractivity contribution in [2.75, 3.05) is 62.7 Å². The minimum absolute atomic E-state index is 0. The summed E-state index contributed by atoms with van der Waals surface area (Å²) >= 11 is 2.10. The average Bonchev–Trinajstić information content (AvgIpc) is 3.41. The fraction of sp³-hybridized carbons (Fsp3) is 0.353. The van der Waals surface area contributed by atoms with Gasteiger partial charge in [0.05, 0.1) is 21.7 Å². The molecule has 0 fully saturated rings. The average molecular weight is 1250 g/mol. The number of amides is 4. The van der Waals surface area contributed by atoms with Crippen molar-refractivity contribution in [3.05, 3.63) is 137 Å². The number of non-ortho nitro benzene ring substituents is 2. The van der Waals surface area contributed by atoms with E-state index in [-0.39, 0.29) is 55.1 Å². The van der Waals surface area contributed by atoms with Gasteiger partial charge < -0.3 is 31.6 Å². The number of halogens is 10. The standard InChI is InChI=1S/C11H9F3INO.C11H12F3N3O.C10H10F3N3O.C9H8N2O3.C9H10N2O2.CH4/c12-11(13,14)10(17)16-5-1-2-7-6-8(15)3-4-9(7)16;12-11(13,14)10(18)17-5-1-2-7-6-8(16-15)3-4-9(7)17;11-10(12,13)9(17)16-3-1-2-6-4-7(14)5-15-8(6)16;12-9-4-1-6-5-7(11(13)14)2-3-8(6)10-9;12-11(13)8-3-4-9-7(6-8)2-1-5-10-9;/h3-4,6H,1-2,5H2;3-4,6,16H,1-2,5,15H2;4-5H,1-3,14H2;2-3,5H,1,4H2,(H,10,12);3-4,6,10H,1-2,5H2;1H4. The van der Waals surface area contributed by atoms with Crippen molar-refractivity contribution >= 4 is 97.5 Å². The number of anilines is 7. The summed E-state index contributed by atoms with van der Waals surface area (Å²) in [5, 5.41) is 26.8. The predicted molar refractivity (Wildman–Crippen MR) is 289 cm³/mol. The second-order valence-corrected chi connectivity index (χ2v) is 19.2. The minimum Gasteiger partial charge on any atom is -0.397 e. The monoisotopic (exact) mass is 1250 g/mol. The van der Waals surface area contributed by atoms with Crippen LogP contribution in [0.25, 0.3) is 0 Å². The second-order valence-electron chi connectivity index (χ2n) is 18.0. The van der Waals surface area contributed by atoms with Gasteiger partial charge in [0.1, 0.15) is 5.82 Å². The topological polar surface area (TPSA) is 265 Å². The number of nitrogens with zero attached hydrogens (tertiary/aromatic N) is 6. The van der Waals surface area contributed by atoms with E-state index in [9.17, 15) is 78.9 Å². The predicted octanol–water partition coefficient (Wildman–Crippen LogP) is 10.5. The first-order valence-corrected chi connectivity index (χ1v) is 25.1. The number of nitrogen functional groups attached to an aromatic ring is 2. The number of fused-ring (bicyclic) bond motifs is 5. The van der Waals surface area contributed by atoms with Crippen molar-refractivity contribution in [2.24, 2.45) is 5.84 Å². The van der Waals surface area contributed by atoms with Crippen LogP contribution in [0.1, 0.15) is 67.3 Å². The molecule has 19 nitrogen and oxygen atoms in total. The fourth-order valence-corrected chi connectivity index (χ4v) is 9.43. The molecule has 0 aliphatic carbocycles. The van der Waals surface area contributed by atoms with E-state index in [0.29, 0.717) is 95.8 Å². The number of nitro groups is 2. The molecule has 4 amide bonds. The third-order valence-electron chi connectivity index (χ3n) is 12.5. The first-order valence-electron chi connectivity index (χ1n) is 24.0. The molecule has 0 unspecified atom stereocenters. The molecule has 5 aliphatic rings. The van der Waals surface area contributed by atoms with E-state index in [2.05, 4.69) is 43.6 Å². The summed E-state index contributed by atoms with van der Waals surface area (Å²) in [7, 11) is 0. The van der Waals surface area contributed by atoms with Crippen LogP contribution in [0.4, 0.5) is 90.8 Å². The molecule has 29 heteroatoms. The van der Waals surface area contributed by atoms with Crippen LogP contribution < -0.4 is 42.3 Å². The first-order chi connectivity index (χ1) is 37.2. The van der Waals surface area contributed by atoms with Crippen molar-refractivity contribution in [3.63, 3.8) is 0 Å². The maximum atomic E-state index is 12.4. The molecule has 1 aromatic heterocycles. The third kappa shape index (κ3) is 16.4. The number of rotatable bonds is 3. The smallest absolute Gasteiger partial charge is 0.397 e. The van der Waals surface area contributed by atoms with Crippen molar-refractivity contribution in [3.8, 4) is 0 Å². The summed E-state index contributed by atoms with van der Waals surface area (Å²) in [6.45, 7) is 1.21. The molecule has 10 rings (SSSR count). The highest BCUT2D eigenvalue weighted by Crippen LogP contribution is 2.35. The Bertz CT molecular complexity index is 3020. The van der Waals surface area contributed by atoms with E-state index in [0.717, 1.165) is 55.1 Å². The van der Waals surface area contributed by atoms with E-state index in [1.54, 1.807) is 48.5 Å². The van der Waals surface area contributed by atoms with Crippen LogP contribution >= 0.6 is 22.6 Å².